The lowest BCUT2D eigenvalue weighted by Crippen LogP contribution is -2.52. The van der Waals surface area contributed by atoms with Gasteiger partial charge >= 0.3 is 0 Å². The molecule has 36 heavy (non-hydrogen) atoms. The topological polar surface area (TPSA) is 117 Å². The van der Waals surface area contributed by atoms with Crippen LogP contribution >= 0.6 is 0 Å². The second-order valence-electron chi connectivity index (χ2n) is 9.06. The third-order valence-corrected chi connectivity index (χ3v) is 8.44. The van der Waals surface area contributed by atoms with E-state index in [0.717, 1.165) is 5.56 Å². The van der Waals surface area contributed by atoms with E-state index in [9.17, 15) is 22.8 Å². The van der Waals surface area contributed by atoms with E-state index in [1.54, 1.807) is 48.5 Å². The summed E-state index contributed by atoms with van der Waals surface area (Å²) in [5.41, 5.74) is 1.68. The lowest BCUT2D eigenvalue weighted by atomic mass is 10.1. The molecule has 0 saturated carbocycles. The largest absolute Gasteiger partial charge is 0.340 e. The zero-order chi connectivity index (χ0) is 25.9. The van der Waals surface area contributed by atoms with Crippen LogP contribution in [-0.2, 0) is 25.4 Å². The Morgan fingerprint density at radius 2 is 1.97 bits per heavy atom. The summed E-state index contributed by atoms with van der Waals surface area (Å²) in [6.45, 7) is 5.58. The van der Waals surface area contributed by atoms with Crippen LogP contribution in [0.5, 0.6) is 0 Å². The molecule has 1 aromatic heterocycles. The van der Waals surface area contributed by atoms with Crippen LogP contribution in [-0.4, -0.2) is 71.4 Å². The third-order valence-electron chi connectivity index (χ3n) is 6.66. The molecular weight excluding hydrogens is 480 g/mol. The summed E-state index contributed by atoms with van der Waals surface area (Å²) in [5.74, 6) is -1.36. The van der Waals surface area contributed by atoms with Gasteiger partial charge in [-0.05, 0) is 42.7 Å². The highest BCUT2D eigenvalue weighted by molar-refractivity contribution is 7.88. The monoisotopic (exact) mass is 510 g/mol. The summed E-state index contributed by atoms with van der Waals surface area (Å²) in [7, 11) is -3.81. The van der Waals surface area contributed by atoms with Crippen molar-refractivity contribution in [3.63, 3.8) is 0 Å². The molecule has 10 heteroatoms. The molecule has 0 aliphatic carbocycles. The molecule has 2 aliphatic rings. The maximum Gasteiger partial charge on any atom is 0.251 e. The predicted octanol–water partition coefficient (Wildman–Crippen LogP) is 2.01. The number of sulfonamides is 1. The van der Waals surface area contributed by atoms with Gasteiger partial charge in [-0.2, -0.15) is 4.31 Å². The molecule has 2 aromatic rings. The summed E-state index contributed by atoms with van der Waals surface area (Å²) >= 11 is 0. The number of likely N-dealkylation sites (tertiary alicyclic amines) is 1. The van der Waals surface area contributed by atoms with Crippen LogP contribution in [0, 0.1) is 0 Å². The van der Waals surface area contributed by atoms with Crippen molar-refractivity contribution in [3.8, 4) is 0 Å². The van der Waals surface area contributed by atoms with E-state index in [2.05, 4.69) is 16.9 Å². The van der Waals surface area contributed by atoms with E-state index in [-0.39, 0.29) is 36.4 Å². The van der Waals surface area contributed by atoms with Crippen LogP contribution in [0.25, 0.3) is 6.08 Å². The number of hydrogen-bond donors (Lipinski definition) is 1. The van der Waals surface area contributed by atoms with Crippen LogP contribution in [0.2, 0.25) is 0 Å². The van der Waals surface area contributed by atoms with Crippen molar-refractivity contribution in [3.05, 3.63) is 72.1 Å². The van der Waals surface area contributed by atoms with Crippen molar-refractivity contribution in [1.82, 2.24) is 19.5 Å². The lowest BCUT2D eigenvalue weighted by Gasteiger charge is -2.28. The Labute approximate surface area is 211 Å². The summed E-state index contributed by atoms with van der Waals surface area (Å²) in [6.07, 6.45) is 4.60. The number of aromatic nitrogens is 1. The Bertz CT molecular complexity index is 1250. The number of benzene rings is 1. The maximum absolute atomic E-state index is 13.5. The molecule has 3 unspecified atom stereocenters. The first-order chi connectivity index (χ1) is 17.2. The molecule has 190 valence electrons. The zero-order valence-corrected chi connectivity index (χ0v) is 21.0. The van der Waals surface area contributed by atoms with E-state index >= 15 is 0 Å². The molecular formula is C26H30N4O5S. The number of amides is 2. The Kier molecular flexibility index (Phi) is 7.65. The summed E-state index contributed by atoms with van der Waals surface area (Å²) in [5, 5.41) is 2.81. The molecule has 2 saturated heterocycles. The fourth-order valence-electron chi connectivity index (χ4n) is 4.89. The van der Waals surface area contributed by atoms with Gasteiger partial charge < -0.3 is 10.2 Å². The third kappa shape index (κ3) is 5.24. The molecule has 3 heterocycles. The predicted molar refractivity (Wildman–Crippen MR) is 135 cm³/mol. The van der Waals surface area contributed by atoms with Gasteiger partial charge in [0.1, 0.15) is 17.8 Å². The Morgan fingerprint density at radius 1 is 1.22 bits per heavy atom. The van der Waals surface area contributed by atoms with Gasteiger partial charge in [0.25, 0.3) is 5.91 Å². The number of fused-ring (bicyclic) bond motifs is 1. The highest BCUT2D eigenvalue weighted by atomic mass is 32.2. The van der Waals surface area contributed by atoms with E-state index in [4.69, 9.17) is 0 Å². The second-order valence-corrected chi connectivity index (χ2v) is 11.0. The lowest BCUT2D eigenvalue weighted by molar-refractivity contribution is -0.138. The maximum atomic E-state index is 13.5. The number of nitrogens with zero attached hydrogens (tertiary/aromatic N) is 3. The average molecular weight is 511 g/mol. The molecule has 2 fully saturated rings. The van der Waals surface area contributed by atoms with Crippen molar-refractivity contribution in [1.29, 1.82) is 0 Å². The Hall–Kier alpha value is -3.37. The molecule has 9 nitrogen and oxygen atoms in total. The van der Waals surface area contributed by atoms with Gasteiger partial charge in [-0.15, -0.1) is 0 Å². The minimum Gasteiger partial charge on any atom is -0.340 e. The summed E-state index contributed by atoms with van der Waals surface area (Å²) < 4.78 is 27.5. The number of pyridine rings is 1. The number of carbonyl (C=O) groups excluding carboxylic acids is 3. The number of hydrogen-bond acceptors (Lipinski definition) is 6. The van der Waals surface area contributed by atoms with Crippen molar-refractivity contribution in [2.45, 2.75) is 50.1 Å². The fourth-order valence-corrected chi connectivity index (χ4v) is 6.56. The van der Waals surface area contributed by atoms with Gasteiger partial charge in [0, 0.05) is 18.3 Å². The van der Waals surface area contributed by atoms with Crippen molar-refractivity contribution in [2.24, 2.45) is 0 Å². The number of nitrogens with one attached hydrogen (secondary N) is 1. The summed E-state index contributed by atoms with van der Waals surface area (Å²) in [6, 6.07) is 9.62. The van der Waals surface area contributed by atoms with Gasteiger partial charge in [0.2, 0.25) is 15.9 Å². The van der Waals surface area contributed by atoms with Gasteiger partial charge in [0.05, 0.1) is 18.3 Å². The molecule has 4 rings (SSSR count). The Morgan fingerprint density at radius 3 is 2.61 bits per heavy atom. The van der Waals surface area contributed by atoms with Crippen molar-refractivity contribution >= 4 is 33.7 Å². The smallest absolute Gasteiger partial charge is 0.251 e. The quantitative estimate of drug-likeness (QED) is 0.552. The second kappa shape index (κ2) is 10.7. The molecule has 0 spiro atoms. The highest BCUT2D eigenvalue weighted by Crippen LogP contribution is 2.33. The molecule has 0 radical (unpaired) electrons. The van der Waals surface area contributed by atoms with E-state index < -0.39 is 28.1 Å². The van der Waals surface area contributed by atoms with Crippen LogP contribution in [0.1, 0.15) is 47.8 Å². The van der Waals surface area contributed by atoms with E-state index in [1.807, 2.05) is 6.92 Å². The SMILES string of the molecule is C=Cc1ccc(C(=O)NC(CCC)C(=O)N2CCC3C2C(=O)CN3S(=O)(=O)Cc2ccccn2)cc1. The summed E-state index contributed by atoms with van der Waals surface area (Å²) in [4.78, 5) is 44.8. The number of Topliss-reactive ketones (excluding diaryl/α,β-unsaturated/α-hetero) is 1. The molecule has 2 aliphatic heterocycles. The first kappa shape index (κ1) is 25.7. The number of rotatable bonds is 9. The van der Waals surface area contributed by atoms with E-state index in [1.165, 1.54) is 15.4 Å². The zero-order valence-electron chi connectivity index (χ0n) is 20.2. The molecule has 0 bridgehead atoms. The molecule has 3 atom stereocenters. The number of ketones is 1. The van der Waals surface area contributed by atoms with Crippen LogP contribution in [0.15, 0.2) is 55.2 Å². The molecule has 1 N–H and O–H groups in total. The standard InChI is InChI=1S/C26H30N4O5S/c1-3-7-21(28-25(32)19-11-9-18(4-2)10-12-19)26(33)29-15-13-22-24(29)23(31)16-30(22)36(34,35)17-20-8-5-6-14-27-20/h4-6,8-12,14,21-22,24H,2-3,7,13,15-17H2,1H3,(H,28,32). The van der Waals surface area contributed by atoms with E-state index in [0.29, 0.717) is 30.5 Å². The average Bonchev–Trinajstić information content (AvgIpc) is 3.45. The van der Waals surface area contributed by atoms with Crippen LogP contribution < -0.4 is 5.32 Å². The molecule has 2 amide bonds. The Balaban J connectivity index is 1.48. The minimum atomic E-state index is -3.81. The molecule has 1 aromatic carbocycles. The van der Waals surface area contributed by atoms with Crippen molar-refractivity contribution in [2.75, 3.05) is 13.1 Å². The van der Waals surface area contributed by atoms with Gasteiger partial charge in [0.15, 0.2) is 5.78 Å². The fraction of sp³-hybridized carbons (Fsp3) is 0.385. The van der Waals surface area contributed by atoms with Gasteiger partial charge in [-0.3, -0.25) is 19.4 Å². The number of carbonyl (C=O) groups is 3. The van der Waals surface area contributed by atoms with Gasteiger partial charge in [-0.25, -0.2) is 8.42 Å². The van der Waals surface area contributed by atoms with Gasteiger partial charge in [-0.1, -0.05) is 44.2 Å². The normalized spacial score (nSPS) is 20.7. The highest BCUT2D eigenvalue weighted by Gasteiger charge is 2.54. The first-order valence-electron chi connectivity index (χ1n) is 12.0. The van der Waals surface area contributed by atoms with Crippen molar-refractivity contribution < 1.29 is 22.8 Å². The first-order valence-corrected chi connectivity index (χ1v) is 13.6. The van der Waals surface area contributed by atoms with Crippen LogP contribution in [0.4, 0.5) is 0 Å². The van der Waals surface area contributed by atoms with Crippen LogP contribution in [0.3, 0.4) is 0 Å². The minimum absolute atomic E-state index is 0.250.